The average Bonchev–Trinajstić information content (AvgIpc) is 2.91. The zero-order chi connectivity index (χ0) is 26.8. The quantitative estimate of drug-likeness (QED) is 0.188. The SMILES string of the molecule is O=C(Nc1ccc([N+](=O)[O-])cc1)c1ccc2c(c1)Oc1cc(C(=O)Nc3ccc([N+](=O)[O-])cc3)ccc1N2. The first-order chi connectivity index (χ1) is 18.3. The molecule has 5 rings (SSSR count). The van der Waals surface area contributed by atoms with Crippen molar-refractivity contribution >= 4 is 45.9 Å². The highest BCUT2D eigenvalue weighted by atomic mass is 16.6. The Morgan fingerprint density at radius 3 is 1.39 bits per heavy atom. The number of hydrogen-bond acceptors (Lipinski definition) is 8. The van der Waals surface area contributed by atoms with Gasteiger partial charge < -0.3 is 20.7 Å². The number of fused-ring (bicyclic) bond motifs is 2. The van der Waals surface area contributed by atoms with Crippen LogP contribution in [0.2, 0.25) is 0 Å². The number of rotatable bonds is 6. The van der Waals surface area contributed by atoms with Gasteiger partial charge in [-0.3, -0.25) is 29.8 Å². The first-order valence-electron chi connectivity index (χ1n) is 11.1. The summed E-state index contributed by atoms with van der Waals surface area (Å²) in [6, 6.07) is 20.6. The van der Waals surface area contributed by atoms with Crippen molar-refractivity contribution in [3.63, 3.8) is 0 Å². The first-order valence-corrected chi connectivity index (χ1v) is 11.1. The highest BCUT2D eigenvalue weighted by Gasteiger charge is 2.20. The maximum atomic E-state index is 12.7. The number of benzene rings is 4. The van der Waals surface area contributed by atoms with Gasteiger partial charge in [0, 0.05) is 46.8 Å². The molecule has 1 aliphatic heterocycles. The van der Waals surface area contributed by atoms with Gasteiger partial charge in [0.2, 0.25) is 0 Å². The van der Waals surface area contributed by atoms with Crippen molar-refractivity contribution in [1.29, 1.82) is 0 Å². The number of non-ortho nitro benzene ring substituents is 2. The summed E-state index contributed by atoms with van der Waals surface area (Å²) in [5, 5.41) is 30.2. The number of anilines is 4. The summed E-state index contributed by atoms with van der Waals surface area (Å²) < 4.78 is 5.97. The summed E-state index contributed by atoms with van der Waals surface area (Å²) in [5.41, 5.74) is 2.43. The molecule has 0 aliphatic carbocycles. The van der Waals surface area contributed by atoms with Gasteiger partial charge in [-0.15, -0.1) is 0 Å². The Morgan fingerprint density at radius 2 is 1.03 bits per heavy atom. The molecule has 0 unspecified atom stereocenters. The van der Waals surface area contributed by atoms with Gasteiger partial charge in [0.15, 0.2) is 11.5 Å². The predicted molar refractivity (Wildman–Crippen MR) is 138 cm³/mol. The fourth-order valence-corrected chi connectivity index (χ4v) is 3.71. The third kappa shape index (κ3) is 4.95. The topological polar surface area (TPSA) is 166 Å². The number of nitrogens with zero attached hydrogens (tertiary/aromatic N) is 2. The van der Waals surface area contributed by atoms with Crippen molar-refractivity contribution in [2.75, 3.05) is 16.0 Å². The zero-order valence-electron chi connectivity index (χ0n) is 19.3. The highest BCUT2D eigenvalue weighted by Crippen LogP contribution is 2.42. The fourth-order valence-electron chi connectivity index (χ4n) is 3.71. The summed E-state index contributed by atoms with van der Waals surface area (Å²) in [6.45, 7) is 0. The van der Waals surface area contributed by atoms with E-state index in [2.05, 4.69) is 16.0 Å². The number of amides is 2. The van der Waals surface area contributed by atoms with Crippen LogP contribution in [0, 0.1) is 20.2 Å². The molecule has 0 saturated carbocycles. The van der Waals surface area contributed by atoms with Gasteiger partial charge in [-0.1, -0.05) is 0 Å². The van der Waals surface area contributed by atoms with Gasteiger partial charge in [-0.25, -0.2) is 0 Å². The van der Waals surface area contributed by atoms with E-state index in [1.807, 2.05) is 0 Å². The lowest BCUT2D eigenvalue weighted by Crippen LogP contribution is -2.14. The molecule has 0 saturated heterocycles. The fraction of sp³-hybridized carbons (Fsp3) is 0. The number of nitrogens with one attached hydrogen (secondary N) is 3. The van der Waals surface area contributed by atoms with Crippen LogP contribution < -0.4 is 20.7 Å². The van der Waals surface area contributed by atoms with Crippen LogP contribution in [0.3, 0.4) is 0 Å². The number of nitro groups is 2. The molecular weight excluding hydrogens is 494 g/mol. The molecular formula is C26H17N5O7. The minimum Gasteiger partial charge on any atom is -0.453 e. The number of nitro benzene ring substituents is 2. The Kier molecular flexibility index (Phi) is 6.11. The van der Waals surface area contributed by atoms with Crippen LogP contribution >= 0.6 is 0 Å². The number of carbonyl (C=O) groups is 2. The molecule has 4 aromatic rings. The third-order valence-electron chi connectivity index (χ3n) is 5.65. The second-order valence-electron chi connectivity index (χ2n) is 8.17. The summed E-state index contributed by atoms with van der Waals surface area (Å²) in [4.78, 5) is 46.0. The zero-order valence-corrected chi connectivity index (χ0v) is 19.3. The second-order valence-corrected chi connectivity index (χ2v) is 8.17. The molecule has 12 nitrogen and oxygen atoms in total. The molecule has 4 aromatic carbocycles. The summed E-state index contributed by atoms with van der Waals surface area (Å²) in [7, 11) is 0. The second kappa shape index (κ2) is 9.70. The van der Waals surface area contributed by atoms with Crippen molar-refractivity contribution in [1.82, 2.24) is 0 Å². The Bertz CT molecular complexity index is 1480. The van der Waals surface area contributed by atoms with E-state index < -0.39 is 21.7 Å². The highest BCUT2D eigenvalue weighted by molar-refractivity contribution is 6.06. The largest absolute Gasteiger partial charge is 0.453 e. The van der Waals surface area contributed by atoms with Crippen LogP contribution in [-0.4, -0.2) is 21.7 Å². The van der Waals surface area contributed by atoms with Crippen LogP contribution in [-0.2, 0) is 0 Å². The smallest absolute Gasteiger partial charge is 0.269 e. The summed E-state index contributed by atoms with van der Waals surface area (Å²) in [6.07, 6.45) is 0. The van der Waals surface area contributed by atoms with Crippen LogP contribution in [0.4, 0.5) is 34.1 Å². The van der Waals surface area contributed by atoms with Crippen molar-refractivity contribution in [2.45, 2.75) is 0 Å². The normalized spacial score (nSPS) is 11.2. The molecule has 0 atom stereocenters. The van der Waals surface area contributed by atoms with Crippen molar-refractivity contribution in [3.8, 4) is 11.5 Å². The third-order valence-corrected chi connectivity index (χ3v) is 5.65. The Morgan fingerprint density at radius 1 is 0.632 bits per heavy atom. The first kappa shape index (κ1) is 23.9. The molecule has 188 valence electrons. The number of carbonyl (C=O) groups excluding carboxylic acids is 2. The van der Waals surface area contributed by atoms with Crippen LogP contribution in [0.15, 0.2) is 84.9 Å². The van der Waals surface area contributed by atoms with E-state index in [1.165, 1.54) is 60.7 Å². The molecule has 0 aromatic heterocycles. The van der Waals surface area contributed by atoms with Gasteiger partial charge in [0.1, 0.15) is 0 Å². The molecule has 3 N–H and O–H groups in total. The maximum Gasteiger partial charge on any atom is 0.269 e. The Hall–Kier alpha value is -5.78. The van der Waals surface area contributed by atoms with Crippen LogP contribution in [0.5, 0.6) is 11.5 Å². The number of hydrogen-bond donors (Lipinski definition) is 3. The molecule has 1 aliphatic rings. The maximum absolute atomic E-state index is 12.7. The lowest BCUT2D eigenvalue weighted by atomic mass is 10.1. The van der Waals surface area contributed by atoms with Crippen molar-refractivity contribution in [2.24, 2.45) is 0 Å². The van der Waals surface area contributed by atoms with E-state index in [-0.39, 0.29) is 11.4 Å². The van der Waals surface area contributed by atoms with Gasteiger partial charge in [0.05, 0.1) is 21.2 Å². The molecule has 0 spiro atoms. The van der Waals surface area contributed by atoms with Crippen molar-refractivity contribution in [3.05, 3.63) is 116 Å². The van der Waals surface area contributed by atoms with E-state index in [0.717, 1.165) is 0 Å². The standard InChI is InChI=1S/C26H17N5O7/c32-25(27-17-3-7-19(8-4-17)30(34)35)15-1-11-21-23(13-15)38-24-14-16(2-12-22(24)29-21)26(33)28-18-5-9-20(10-6-18)31(36)37/h1-14,29H,(H,27,32)(H,28,33). The van der Waals surface area contributed by atoms with E-state index in [0.29, 0.717) is 45.4 Å². The Labute approximate surface area is 214 Å². The van der Waals surface area contributed by atoms with Gasteiger partial charge >= 0.3 is 0 Å². The van der Waals surface area contributed by atoms with Gasteiger partial charge in [-0.05, 0) is 60.7 Å². The van der Waals surface area contributed by atoms with E-state index in [4.69, 9.17) is 4.74 Å². The van der Waals surface area contributed by atoms with E-state index in [9.17, 15) is 29.8 Å². The summed E-state index contributed by atoms with van der Waals surface area (Å²) in [5.74, 6) is -0.150. The minimum atomic E-state index is -0.526. The van der Waals surface area contributed by atoms with E-state index in [1.54, 1.807) is 24.3 Å². The minimum absolute atomic E-state index is 0.0873. The van der Waals surface area contributed by atoms with Crippen LogP contribution in [0.25, 0.3) is 0 Å². The predicted octanol–water partition coefficient (Wildman–Crippen LogP) is 5.86. The van der Waals surface area contributed by atoms with Crippen LogP contribution in [0.1, 0.15) is 20.7 Å². The summed E-state index contributed by atoms with van der Waals surface area (Å²) >= 11 is 0. The van der Waals surface area contributed by atoms with E-state index >= 15 is 0 Å². The lowest BCUT2D eigenvalue weighted by Gasteiger charge is -2.22. The molecule has 38 heavy (non-hydrogen) atoms. The average molecular weight is 511 g/mol. The molecule has 1 heterocycles. The number of ether oxygens (including phenoxy) is 1. The van der Waals surface area contributed by atoms with Crippen molar-refractivity contribution < 1.29 is 24.2 Å². The molecule has 0 radical (unpaired) electrons. The lowest BCUT2D eigenvalue weighted by molar-refractivity contribution is -0.385. The molecule has 12 heteroatoms. The molecule has 2 amide bonds. The molecule has 0 bridgehead atoms. The molecule has 0 fully saturated rings. The Balaban J connectivity index is 1.30. The van der Waals surface area contributed by atoms with Gasteiger partial charge in [-0.2, -0.15) is 0 Å². The monoisotopic (exact) mass is 511 g/mol. The van der Waals surface area contributed by atoms with Gasteiger partial charge in [0.25, 0.3) is 23.2 Å².